The van der Waals surface area contributed by atoms with E-state index >= 15 is 0 Å². The zero-order chi connectivity index (χ0) is 13.1. The summed E-state index contributed by atoms with van der Waals surface area (Å²) in [6.07, 6.45) is 5.09. The second-order valence-electron chi connectivity index (χ2n) is 5.29. The number of piperidine rings is 1. The molecular formula is C14H30N2O2. The number of nitrogens with one attached hydrogen (secondary N) is 1. The van der Waals surface area contributed by atoms with Gasteiger partial charge in [0.1, 0.15) is 0 Å². The Morgan fingerprint density at radius 2 is 2.11 bits per heavy atom. The monoisotopic (exact) mass is 258 g/mol. The topological polar surface area (TPSA) is 33.7 Å². The molecule has 1 atom stereocenters. The molecule has 4 nitrogen and oxygen atoms in total. The van der Waals surface area contributed by atoms with E-state index in [1.807, 2.05) is 0 Å². The van der Waals surface area contributed by atoms with Gasteiger partial charge in [-0.3, -0.25) is 0 Å². The molecule has 1 N–H and O–H groups in total. The molecule has 1 rings (SSSR count). The molecule has 0 aromatic rings. The molecule has 1 saturated heterocycles. The van der Waals surface area contributed by atoms with Crippen molar-refractivity contribution in [3.63, 3.8) is 0 Å². The van der Waals surface area contributed by atoms with Crippen molar-refractivity contribution in [2.75, 3.05) is 60.2 Å². The van der Waals surface area contributed by atoms with Crippen LogP contribution in [-0.2, 0) is 9.47 Å². The third-order valence-corrected chi connectivity index (χ3v) is 3.48. The van der Waals surface area contributed by atoms with E-state index in [4.69, 9.17) is 9.47 Å². The molecule has 18 heavy (non-hydrogen) atoms. The number of nitrogens with zero attached hydrogens (tertiary/aromatic N) is 1. The summed E-state index contributed by atoms with van der Waals surface area (Å²) in [5.41, 5.74) is 0. The Kier molecular flexibility index (Phi) is 9.48. The summed E-state index contributed by atoms with van der Waals surface area (Å²) in [7, 11) is 3.93. The molecule has 0 spiro atoms. The summed E-state index contributed by atoms with van der Waals surface area (Å²) in [4.78, 5) is 2.44. The van der Waals surface area contributed by atoms with E-state index in [2.05, 4.69) is 17.3 Å². The van der Waals surface area contributed by atoms with Gasteiger partial charge in [-0.05, 0) is 58.3 Å². The van der Waals surface area contributed by atoms with Crippen LogP contribution in [0.4, 0.5) is 0 Å². The summed E-state index contributed by atoms with van der Waals surface area (Å²) in [6, 6.07) is 0. The van der Waals surface area contributed by atoms with Gasteiger partial charge in [-0.15, -0.1) is 0 Å². The van der Waals surface area contributed by atoms with Gasteiger partial charge in [-0.25, -0.2) is 0 Å². The predicted molar refractivity (Wildman–Crippen MR) is 75.0 cm³/mol. The molecule has 1 heterocycles. The van der Waals surface area contributed by atoms with Crippen LogP contribution in [0.25, 0.3) is 0 Å². The molecule has 0 aromatic heterocycles. The largest absolute Gasteiger partial charge is 0.382 e. The fraction of sp³-hybridized carbons (Fsp3) is 1.00. The molecule has 0 bridgehead atoms. The SMILES string of the molecule is COCCOCCCCNCC1CCCN(C)C1. The minimum Gasteiger partial charge on any atom is -0.382 e. The maximum Gasteiger partial charge on any atom is 0.0700 e. The maximum absolute atomic E-state index is 5.43. The van der Waals surface area contributed by atoms with Gasteiger partial charge in [0.05, 0.1) is 13.2 Å². The Hall–Kier alpha value is -0.160. The summed E-state index contributed by atoms with van der Waals surface area (Å²) in [5, 5.41) is 3.57. The van der Waals surface area contributed by atoms with Crippen molar-refractivity contribution in [3.8, 4) is 0 Å². The van der Waals surface area contributed by atoms with Gasteiger partial charge in [-0.2, -0.15) is 0 Å². The second kappa shape index (κ2) is 10.7. The fourth-order valence-electron chi connectivity index (χ4n) is 2.44. The zero-order valence-electron chi connectivity index (χ0n) is 12.1. The smallest absolute Gasteiger partial charge is 0.0700 e. The van der Waals surface area contributed by atoms with E-state index in [-0.39, 0.29) is 0 Å². The molecule has 0 radical (unpaired) electrons. The third kappa shape index (κ3) is 8.03. The minimum atomic E-state index is 0.702. The number of hydrogen-bond donors (Lipinski definition) is 1. The molecular weight excluding hydrogens is 228 g/mol. The summed E-state index contributed by atoms with van der Waals surface area (Å²) in [6.45, 7) is 7.11. The van der Waals surface area contributed by atoms with Crippen LogP contribution in [0.15, 0.2) is 0 Å². The third-order valence-electron chi connectivity index (χ3n) is 3.48. The highest BCUT2D eigenvalue weighted by molar-refractivity contribution is 4.72. The van der Waals surface area contributed by atoms with Gasteiger partial charge >= 0.3 is 0 Å². The van der Waals surface area contributed by atoms with Crippen LogP contribution >= 0.6 is 0 Å². The summed E-state index contributed by atoms with van der Waals surface area (Å²) < 4.78 is 10.3. The van der Waals surface area contributed by atoms with E-state index in [0.29, 0.717) is 6.61 Å². The molecule has 0 saturated carbocycles. The number of rotatable bonds is 10. The van der Waals surface area contributed by atoms with Crippen molar-refractivity contribution in [2.24, 2.45) is 5.92 Å². The molecule has 1 fully saturated rings. The molecule has 108 valence electrons. The van der Waals surface area contributed by atoms with Crippen molar-refractivity contribution in [2.45, 2.75) is 25.7 Å². The van der Waals surface area contributed by atoms with Crippen molar-refractivity contribution >= 4 is 0 Å². The van der Waals surface area contributed by atoms with Crippen LogP contribution in [0.1, 0.15) is 25.7 Å². The number of unbranched alkanes of at least 4 members (excludes halogenated alkanes) is 1. The zero-order valence-corrected chi connectivity index (χ0v) is 12.1. The van der Waals surface area contributed by atoms with Gasteiger partial charge in [0.2, 0.25) is 0 Å². The molecule has 1 aliphatic heterocycles. The van der Waals surface area contributed by atoms with Gasteiger partial charge < -0.3 is 19.7 Å². The number of ether oxygens (including phenoxy) is 2. The normalized spacial score (nSPS) is 21.3. The van der Waals surface area contributed by atoms with Gasteiger partial charge in [0, 0.05) is 20.3 Å². The molecule has 4 heteroatoms. The first kappa shape index (κ1) is 15.9. The second-order valence-corrected chi connectivity index (χ2v) is 5.29. The first-order valence-corrected chi connectivity index (χ1v) is 7.29. The van der Waals surface area contributed by atoms with Crippen molar-refractivity contribution in [3.05, 3.63) is 0 Å². The van der Waals surface area contributed by atoms with Crippen LogP contribution in [0.3, 0.4) is 0 Å². The van der Waals surface area contributed by atoms with Gasteiger partial charge in [0.25, 0.3) is 0 Å². The number of methoxy groups -OCH3 is 1. The quantitative estimate of drug-likeness (QED) is 0.600. The lowest BCUT2D eigenvalue weighted by atomic mass is 9.98. The Morgan fingerprint density at radius 3 is 2.89 bits per heavy atom. The lowest BCUT2D eigenvalue weighted by molar-refractivity contribution is 0.0687. The van der Waals surface area contributed by atoms with E-state index < -0.39 is 0 Å². The van der Waals surface area contributed by atoms with Crippen molar-refractivity contribution < 1.29 is 9.47 Å². The molecule has 1 aliphatic rings. The molecule has 0 aromatic carbocycles. The average Bonchev–Trinajstić information content (AvgIpc) is 2.37. The summed E-state index contributed by atoms with van der Waals surface area (Å²) >= 11 is 0. The highest BCUT2D eigenvalue weighted by Gasteiger charge is 2.15. The van der Waals surface area contributed by atoms with Crippen LogP contribution in [-0.4, -0.2) is 65.1 Å². The average molecular weight is 258 g/mol. The van der Waals surface area contributed by atoms with Crippen molar-refractivity contribution in [1.29, 1.82) is 0 Å². The Labute approximate surface area is 112 Å². The van der Waals surface area contributed by atoms with Crippen molar-refractivity contribution in [1.82, 2.24) is 10.2 Å². The minimum absolute atomic E-state index is 0.702. The van der Waals surface area contributed by atoms with Crippen LogP contribution in [0.5, 0.6) is 0 Å². The van der Waals surface area contributed by atoms with E-state index in [1.165, 1.54) is 38.9 Å². The highest BCUT2D eigenvalue weighted by atomic mass is 16.5. The number of likely N-dealkylation sites (tertiary alicyclic amines) is 1. The Balaban J connectivity index is 1.80. The predicted octanol–water partition coefficient (Wildman–Crippen LogP) is 1.36. The standard InChI is InChI=1S/C14H30N2O2/c1-16-8-5-6-14(13-16)12-15-7-3-4-9-18-11-10-17-2/h14-15H,3-13H2,1-2H3. The number of hydrogen-bond acceptors (Lipinski definition) is 4. The summed E-state index contributed by atoms with van der Waals surface area (Å²) in [5.74, 6) is 0.849. The maximum atomic E-state index is 5.43. The van der Waals surface area contributed by atoms with E-state index in [0.717, 1.165) is 32.1 Å². The van der Waals surface area contributed by atoms with E-state index in [1.54, 1.807) is 7.11 Å². The molecule has 0 aliphatic carbocycles. The highest BCUT2D eigenvalue weighted by Crippen LogP contribution is 2.13. The van der Waals surface area contributed by atoms with Crippen LogP contribution < -0.4 is 5.32 Å². The van der Waals surface area contributed by atoms with Gasteiger partial charge in [-0.1, -0.05) is 0 Å². The fourth-order valence-corrected chi connectivity index (χ4v) is 2.44. The lowest BCUT2D eigenvalue weighted by Gasteiger charge is -2.29. The lowest BCUT2D eigenvalue weighted by Crippen LogP contribution is -2.37. The van der Waals surface area contributed by atoms with Crippen LogP contribution in [0.2, 0.25) is 0 Å². The van der Waals surface area contributed by atoms with Gasteiger partial charge in [0.15, 0.2) is 0 Å². The van der Waals surface area contributed by atoms with E-state index in [9.17, 15) is 0 Å². The molecule has 1 unspecified atom stereocenters. The first-order chi connectivity index (χ1) is 8.83. The molecule has 0 amide bonds. The Bertz CT molecular complexity index is 191. The Morgan fingerprint density at radius 1 is 1.22 bits per heavy atom. The van der Waals surface area contributed by atoms with Crippen LogP contribution in [0, 0.1) is 5.92 Å². The first-order valence-electron chi connectivity index (χ1n) is 7.29.